The Hall–Kier alpha value is -0.910. The van der Waals surface area contributed by atoms with Gasteiger partial charge in [0.1, 0.15) is 14.2 Å². The molecule has 0 radical (unpaired) electrons. The summed E-state index contributed by atoms with van der Waals surface area (Å²) < 4.78 is 24.5. The highest BCUT2D eigenvalue weighted by Gasteiger charge is 2.16. The summed E-state index contributed by atoms with van der Waals surface area (Å²) in [6.45, 7) is 2.62. The number of hydrogen-bond donors (Lipinski definition) is 0. The SMILES string of the molecule is CC(=O)OCC(COP(C)(=O)[O-])OC(C)=O. The van der Waals surface area contributed by atoms with E-state index in [2.05, 4.69) is 9.26 Å². The van der Waals surface area contributed by atoms with E-state index in [0.717, 1.165) is 13.6 Å². The number of carbonyl (C=O) groups is 2. The highest BCUT2D eigenvalue weighted by atomic mass is 31.2. The molecule has 0 saturated carbocycles. The molecule has 0 amide bonds. The van der Waals surface area contributed by atoms with Crippen LogP contribution in [0.25, 0.3) is 0 Å². The van der Waals surface area contributed by atoms with Crippen molar-refractivity contribution >= 4 is 19.5 Å². The molecule has 7 nitrogen and oxygen atoms in total. The predicted octanol–water partition coefficient (Wildman–Crippen LogP) is -0.319. The Morgan fingerprint density at radius 2 is 1.81 bits per heavy atom. The second-order valence-corrected chi connectivity index (χ2v) is 4.90. The van der Waals surface area contributed by atoms with Gasteiger partial charge in [-0.25, -0.2) is 0 Å². The molecule has 2 unspecified atom stereocenters. The zero-order chi connectivity index (χ0) is 12.8. The molecule has 0 aliphatic rings. The van der Waals surface area contributed by atoms with Crippen molar-refractivity contribution in [1.82, 2.24) is 0 Å². The lowest BCUT2D eigenvalue weighted by Gasteiger charge is -2.22. The second kappa shape index (κ2) is 6.62. The summed E-state index contributed by atoms with van der Waals surface area (Å²) in [5.41, 5.74) is 0. The average Bonchev–Trinajstić information content (AvgIpc) is 2.07. The van der Waals surface area contributed by atoms with Crippen molar-refractivity contribution in [3.05, 3.63) is 0 Å². The maximum absolute atomic E-state index is 10.7. The van der Waals surface area contributed by atoms with Crippen LogP contribution in [0.2, 0.25) is 0 Å². The van der Waals surface area contributed by atoms with Crippen LogP contribution >= 0.6 is 7.60 Å². The van der Waals surface area contributed by atoms with E-state index < -0.39 is 25.6 Å². The van der Waals surface area contributed by atoms with Gasteiger partial charge in [-0.05, 0) is 0 Å². The zero-order valence-electron chi connectivity index (χ0n) is 9.30. The minimum absolute atomic E-state index is 0.241. The standard InChI is InChI=1S/C8H15O7P/c1-6(9)13-4-8(15-7(2)10)5-14-16(3,11)12/h8H,4-5H2,1-3H3,(H,11,12)/p-1. The number of esters is 2. The largest absolute Gasteiger partial charge is 0.779 e. The van der Waals surface area contributed by atoms with Gasteiger partial charge in [0.25, 0.3) is 0 Å². The average molecular weight is 253 g/mol. The molecule has 0 spiro atoms. The molecule has 0 aromatic rings. The summed E-state index contributed by atoms with van der Waals surface area (Å²) in [7, 11) is -3.89. The first-order valence-corrected chi connectivity index (χ1v) is 6.43. The van der Waals surface area contributed by atoms with Gasteiger partial charge < -0.3 is 23.5 Å². The van der Waals surface area contributed by atoms with Crippen LogP contribution in [0.1, 0.15) is 13.8 Å². The Bertz CT molecular complexity index is 295. The number of hydrogen-bond acceptors (Lipinski definition) is 7. The molecule has 2 atom stereocenters. The lowest BCUT2D eigenvalue weighted by Crippen LogP contribution is -2.28. The van der Waals surface area contributed by atoms with Crippen molar-refractivity contribution in [2.45, 2.75) is 20.0 Å². The van der Waals surface area contributed by atoms with Gasteiger partial charge in [-0.2, -0.15) is 0 Å². The minimum Gasteiger partial charge on any atom is -0.779 e. The summed E-state index contributed by atoms with van der Waals surface area (Å²) in [6, 6.07) is 0. The van der Waals surface area contributed by atoms with E-state index in [1.54, 1.807) is 0 Å². The van der Waals surface area contributed by atoms with Gasteiger partial charge >= 0.3 is 11.9 Å². The number of carbonyl (C=O) groups excluding carboxylic acids is 2. The molecule has 0 aliphatic carbocycles. The van der Waals surface area contributed by atoms with Crippen LogP contribution in [0.3, 0.4) is 0 Å². The van der Waals surface area contributed by atoms with Gasteiger partial charge in [0.15, 0.2) is 6.10 Å². The van der Waals surface area contributed by atoms with Gasteiger partial charge in [0.05, 0.1) is 6.61 Å². The second-order valence-electron chi connectivity index (χ2n) is 3.10. The summed E-state index contributed by atoms with van der Waals surface area (Å²) in [5.74, 6) is -1.17. The minimum atomic E-state index is -3.89. The first-order chi connectivity index (χ1) is 7.20. The van der Waals surface area contributed by atoms with E-state index in [1.807, 2.05) is 0 Å². The summed E-state index contributed by atoms with van der Waals surface area (Å²) in [4.78, 5) is 31.9. The number of ether oxygens (including phenoxy) is 2. The molecule has 0 rings (SSSR count). The van der Waals surface area contributed by atoms with Crippen molar-refractivity contribution < 1.29 is 33.0 Å². The third-order valence-electron chi connectivity index (χ3n) is 1.30. The van der Waals surface area contributed by atoms with Crippen LogP contribution in [0.4, 0.5) is 0 Å². The highest BCUT2D eigenvalue weighted by molar-refractivity contribution is 7.50. The molecule has 94 valence electrons. The van der Waals surface area contributed by atoms with E-state index in [4.69, 9.17) is 4.74 Å². The fourth-order valence-electron chi connectivity index (χ4n) is 0.780. The molecule has 0 bridgehead atoms. The summed E-state index contributed by atoms with van der Waals surface area (Å²) in [6.07, 6.45) is -0.927. The van der Waals surface area contributed by atoms with Gasteiger partial charge in [0, 0.05) is 20.5 Å². The van der Waals surface area contributed by atoms with E-state index in [0.29, 0.717) is 0 Å². The van der Waals surface area contributed by atoms with E-state index in [-0.39, 0.29) is 13.2 Å². The smallest absolute Gasteiger partial charge is 0.303 e. The molecule has 8 heteroatoms. The zero-order valence-corrected chi connectivity index (χ0v) is 10.2. The quantitative estimate of drug-likeness (QED) is 0.472. The Kier molecular flexibility index (Phi) is 6.25. The van der Waals surface area contributed by atoms with E-state index in [1.165, 1.54) is 6.92 Å². The molecule has 0 aromatic heterocycles. The van der Waals surface area contributed by atoms with Gasteiger partial charge in [0.2, 0.25) is 0 Å². The molecule has 0 N–H and O–H groups in total. The molecule has 16 heavy (non-hydrogen) atoms. The van der Waals surface area contributed by atoms with Crippen molar-refractivity contribution in [2.75, 3.05) is 19.9 Å². The maximum atomic E-state index is 10.7. The summed E-state index contributed by atoms with van der Waals surface area (Å²) >= 11 is 0. The monoisotopic (exact) mass is 253 g/mol. The number of rotatable bonds is 6. The lowest BCUT2D eigenvalue weighted by molar-refractivity contribution is -0.200. The van der Waals surface area contributed by atoms with Crippen LogP contribution in [0, 0.1) is 0 Å². The Morgan fingerprint density at radius 1 is 1.25 bits per heavy atom. The first-order valence-electron chi connectivity index (χ1n) is 4.44. The van der Waals surface area contributed by atoms with Crippen LogP contribution < -0.4 is 4.89 Å². The molecular formula is C8H14O7P-. The molecule has 0 fully saturated rings. The topological polar surface area (TPSA) is 102 Å². The fraction of sp³-hybridized carbons (Fsp3) is 0.750. The molecule has 0 heterocycles. The Morgan fingerprint density at radius 3 is 2.19 bits per heavy atom. The van der Waals surface area contributed by atoms with Crippen molar-refractivity contribution in [1.29, 1.82) is 0 Å². The highest BCUT2D eigenvalue weighted by Crippen LogP contribution is 2.31. The van der Waals surface area contributed by atoms with Crippen molar-refractivity contribution in [3.63, 3.8) is 0 Å². The molecular weight excluding hydrogens is 239 g/mol. The van der Waals surface area contributed by atoms with Crippen LogP contribution in [-0.2, 0) is 28.2 Å². The third-order valence-corrected chi connectivity index (χ3v) is 1.92. The van der Waals surface area contributed by atoms with E-state index >= 15 is 0 Å². The third kappa shape index (κ3) is 9.64. The predicted molar refractivity (Wildman–Crippen MR) is 51.7 cm³/mol. The van der Waals surface area contributed by atoms with E-state index in [9.17, 15) is 19.0 Å². The molecule has 0 saturated heterocycles. The lowest BCUT2D eigenvalue weighted by atomic mass is 10.4. The summed E-state index contributed by atoms with van der Waals surface area (Å²) in [5, 5.41) is 0. The molecule has 0 aromatic carbocycles. The van der Waals surface area contributed by atoms with Crippen molar-refractivity contribution in [2.24, 2.45) is 0 Å². The normalized spacial score (nSPS) is 16.0. The van der Waals surface area contributed by atoms with Crippen LogP contribution in [-0.4, -0.2) is 37.9 Å². The Labute approximate surface area is 93.2 Å². The maximum Gasteiger partial charge on any atom is 0.303 e. The fourth-order valence-corrected chi connectivity index (χ4v) is 1.22. The van der Waals surface area contributed by atoms with Crippen LogP contribution in [0.5, 0.6) is 0 Å². The van der Waals surface area contributed by atoms with Crippen molar-refractivity contribution in [3.8, 4) is 0 Å². The van der Waals surface area contributed by atoms with Gasteiger partial charge in [-0.15, -0.1) is 0 Å². The van der Waals surface area contributed by atoms with Gasteiger partial charge in [-0.3, -0.25) is 9.59 Å². The molecule has 0 aliphatic heterocycles. The Balaban J connectivity index is 4.15. The van der Waals surface area contributed by atoms with Gasteiger partial charge in [-0.1, -0.05) is 0 Å². The first kappa shape index (κ1) is 15.1. The van der Waals surface area contributed by atoms with Crippen LogP contribution in [0.15, 0.2) is 0 Å².